The van der Waals surface area contributed by atoms with Crippen molar-refractivity contribution in [1.29, 1.82) is 0 Å². The summed E-state index contributed by atoms with van der Waals surface area (Å²) >= 11 is 0. The summed E-state index contributed by atoms with van der Waals surface area (Å²) in [5, 5.41) is 11.8. The summed E-state index contributed by atoms with van der Waals surface area (Å²) in [5.41, 5.74) is 0. The predicted molar refractivity (Wildman–Crippen MR) is 296 cm³/mol. The van der Waals surface area contributed by atoms with Gasteiger partial charge in [0.25, 0.3) is 0 Å². The van der Waals surface area contributed by atoms with Gasteiger partial charge in [-0.2, -0.15) is 0 Å². The Morgan fingerprint density at radius 1 is 0.423 bits per heavy atom. The van der Waals surface area contributed by atoms with E-state index in [1.165, 1.54) is 38.5 Å². The van der Waals surface area contributed by atoms with Gasteiger partial charge < -0.3 is 33.3 Å². The van der Waals surface area contributed by atoms with Crippen LogP contribution in [0.1, 0.15) is 194 Å². The van der Waals surface area contributed by atoms with E-state index in [1.807, 2.05) is 21.1 Å². The van der Waals surface area contributed by atoms with Crippen molar-refractivity contribution >= 4 is 17.9 Å². The number of hydrogen-bond donors (Lipinski definition) is 0. The number of likely N-dealkylation sites (N-methyl/N-ethyl adjacent to an activating group) is 1. The van der Waals surface area contributed by atoms with Gasteiger partial charge in [0.1, 0.15) is 13.2 Å². The molecule has 2 atom stereocenters. The second kappa shape index (κ2) is 52.0. The number of nitrogens with zero attached hydrogens (tertiary/aromatic N) is 1. The lowest BCUT2D eigenvalue weighted by Crippen LogP contribution is -2.44. The van der Waals surface area contributed by atoms with E-state index in [0.717, 1.165) is 122 Å². The van der Waals surface area contributed by atoms with Crippen LogP contribution in [0.25, 0.3) is 0 Å². The number of quaternary nitrogens is 1. The van der Waals surface area contributed by atoms with Gasteiger partial charge in [-0.25, -0.2) is 0 Å². The van der Waals surface area contributed by atoms with E-state index < -0.39 is 24.3 Å². The van der Waals surface area contributed by atoms with Gasteiger partial charge in [0.2, 0.25) is 0 Å². The maximum atomic E-state index is 12.9. The van der Waals surface area contributed by atoms with Crippen molar-refractivity contribution in [3.05, 3.63) is 122 Å². The summed E-state index contributed by atoms with van der Waals surface area (Å²) in [6.07, 6.45) is 69.4. The highest BCUT2D eigenvalue weighted by Gasteiger charge is 2.22. The quantitative estimate of drug-likeness (QED) is 0.0195. The average molecular weight is 988 g/mol. The highest BCUT2D eigenvalue weighted by Crippen LogP contribution is 2.14. The Balaban J connectivity index is 4.37. The molecule has 9 nitrogen and oxygen atoms in total. The molecule has 0 aromatic carbocycles. The molecule has 9 heteroatoms. The lowest BCUT2D eigenvalue weighted by molar-refractivity contribution is -0.870. The minimum atomic E-state index is -1.64. The largest absolute Gasteiger partial charge is 0.545 e. The zero-order chi connectivity index (χ0) is 52.0. The summed E-state index contributed by atoms with van der Waals surface area (Å²) < 4.78 is 22.7. The monoisotopic (exact) mass is 988 g/mol. The highest BCUT2D eigenvalue weighted by molar-refractivity contribution is 5.70. The minimum Gasteiger partial charge on any atom is -0.545 e. The standard InChI is InChI=1S/C62H101NO8/c1-6-8-10-12-14-16-18-20-22-24-26-28-30-32-34-36-38-40-42-44-46-48-50-52-59(64)69-56-58(57-70-62(61(66)67)68-55-54-63(3,4)5)71-60(65)53-51-49-47-45-43-41-39-37-35-33-31-29-27-25-23-21-19-17-15-13-11-9-7-2/h8-11,14-17,20-23,26-29,32-35,58,62H,6-7,12-13,18-19,24-25,30-31,36-57H2,1-5H3/b10-8-,11-9-,16-14-,17-15-,22-20-,23-21-,28-26-,29-27-,34-32-,35-33-. The molecule has 0 rings (SSSR count). The van der Waals surface area contributed by atoms with Gasteiger partial charge >= 0.3 is 11.9 Å². The number of esters is 2. The second-order valence-corrected chi connectivity index (χ2v) is 19.1. The molecule has 0 N–H and O–H groups in total. The Kier molecular flexibility index (Phi) is 48.9. The molecule has 0 fully saturated rings. The average Bonchev–Trinajstić information content (AvgIpc) is 3.34. The molecule has 0 aliphatic heterocycles. The third kappa shape index (κ3) is 53.3. The first-order chi connectivity index (χ1) is 34.6. The van der Waals surface area contributed by atoms with Gasteiger partial charge in [-0.3, -0.25) is 9.59 Å². The molecule has 0 bridgehead atoms. The Morgan fingerprint density at radius 2 is 0.761 bits per heavy atom. The smallest absolute Gasteiger partial charge is 0.306 e. The number of carbonyl (C=O) groups excluding carboxylic acids is 3. The number of hydrogen-bond acceptors (Lipinski definition) is 8. The third-order valence-corrected chi connectivity index (χ3v) is 11.2. The fraction of sp³-hybridized carbons (Fsp3) is 0.629. The lowest BCUT2D eigenvalue weighted by atomic mass is 10.1. The number of aliphatic carboxylic acids is 1. The summed E-state index contributed by atoms with van der Waals surface area (Å²) in [6, 6.07) is 0. The van der Waals surface area contributed by atoms with Gasteiger partial charge in [0, 0.05) is 12.8 Å². The molecule has 0 heterocycles. The van der Waals surface area contributed by atoms with Crippen molar-refractivity contribution < 1.29 is 42.9 Å². The first-order valence-corrected chi connectivity index (χ1v) is 27.7. The molecule has 0 aliphatic rings. The van der Waals surface area contributed by atoms with E-state index in [0.29, 0.717) is 17.4 Å². The van der Waals surface area contributed by atoms with Crippen molar-refractivity contribution in [2.24, 2.45) is 0 Å². The Hall–Kier alpha value is -4.31. The van der Waals surface area contributed by atoms with Gasteiger partial charge in [-0.1, -0.05) is 200 Å². The Morgan fingerprint density at radius 3 is 1.13 bits per heavy atom. The number of carboxylic acids is 1. The van der Waals surface area contributed by atoms with E-state index in [-0.39, 0.29) is 38.6 Å². The number of rotatable bonds is 49. The van der Waals surface area contributed by atoms with Crippen molar-refractivity contribution in [2.75, 3.05) is 47.5 Å². The van der Waals surface area contributed by atoms with Crippen LogP contribution in [0.5, 0.6) is 0 Å². The van der Waals surface area contributed by atoms with E-state index in [2.05, 4.69) is 135 Å². The zero-order valence-corrected chi connectivity index (χ0v) is 45.5. The summed E-state index contributed by atoms with van der Waals surface area (Å²) in [5.74, 6) is -2.33. The predicted octanol–water partition coefficient (Wildman–Crippen LogP) is 14.8. The molecular formula is C62H101NO8. The van der Waals surface area contributed by atoms with Crippen LogP contribution < -0.4 is 5.11 Å². The summed E-state index contributed by atoms with van der Waals surface area (Å²) in [7, 11) is 5.90. The normalized spacial score (nSPS) is 13.8. The zero-order valence-electron chi connectivity index (χ0n) is 45.5. The minimum absolute atomic E-state index is 0.136. The number of carbonyl (C=O) groups is 3. The van der Waals surface area contributed by atoms with Gasteiger partial charge in [-0.15, -0.1) is 0 Å². The molecule has 402 valence electrons. The molecule has 0 radical (unpaired) electrons. The Labute approximate surface area is 434 Å². The molecule has 0 aromatic rings. The molecule has 0 saturated heterocycles. The number of allylic oxidation sites excluding steroid dienone is 20. The summed E-state index contributed by atoms with van der Waals surface area (Å²) in [6.45, 7) is 4.47. The summed E-state index contributed by atoms with van der Waals surface area (Å²) in [4.78, 5) is 37.3. The van der Waals surface area contributed by atoms with E-state index in [4.69, 9.17) is 18.9 Å². The van der Waals surface area contributed by atoms with Crippen molar-refractivity contribution in [3.63, 3.8) is 0 Å². The molecule has 2 unspecified atom stereocenters. The highest BCUT2D eigenvalue weighted by atomic mass is 16.7. The van der Waals surface area contributed by atoms with Crippen LogP contribution in [0.3, 0.4) is 0 Å². The van der Waals surface area contributed by atoms with Crippen LogP contribution in [0.4, 0.5) is 0 Å². The fourth-order valence-electron chi connectivity index (χ4n) is 7.00. The lowest BCUT2D eigenvalue weighted by Gasteiger charge is -2.26. The number of unbranched alkanes of at least 4 members (excludes halogenated alkanes) is 14. The van der Waals surface area contributed by atoms with E-state index in [1.54, 1.807) is 0 Å². The van der Waals surface area contributed by atoms with Crippen LogP contribution in [-0.4, -0.2) is 82.3 Å². The molecule has 0 aromatic heterocycles. The van der Waals surface area contributed by atoms with E-state index >= 15 is 0 Å². The fourth-order valence-corrected chi connectivity index (χ4v) is 7.00. The number of carboxylic acid groups (broad SMARTS) is 1. The molecular weight excluding hydrogens is 887 g/mol. The first kappa shape index (κ1) is 66.7. The van der Waals surface area contributed by atoms with Crippen molar-refractivity contribution in [2.45, 2.75) is 206 Å². The Bertz CT molecular complexity index is 1570. The van der Waals surface area contributed by atoms with Crippen LogP contribution in [0, 0.1) is 0 Å². The van der Waals surface area contributed by atoms with Crippen molar-refractivity contribution in [3.8, 4) is 0 Å². The van der Waals surface area contributed by atoms with Gasteiger partial charge in [-0.05, 0) is 103 Å². The molecule has 71 heavy (non-hydrogen) atoms. The first-order valence-electron chi connectivity index (χ1n) is 27.7. The topological polar surface area (TPSA) is 111 Å². The van der Waals surface area contributed by atoms with E-state index in [9.17, 15) is 19.5 Å². The second-order valence-electron chi connectivity index (χ2n) is 19.1. The molecule has 0 aliphatic carbocycles. The number of ether oxygens (including phenoxy) is 4. The maximum absolute atomic E-state index is 12.9. The van der Waals surface area contributed by atoms with Gasteiger partial charge in [0.15, 0.2) is 12.4 Å². The molecule has 0 spiro atoms. The van der Waals surface area contributed by atoms with Crippen LogP contribution >= 0.6 is 0 Å². The van der Waals surface area contributed by atoms with Crippen molar-refractivity contribution in [1.82, 2.24) is 0 Å². The SMILES string of the molecule is CC/C=C\C/C=C\C/C=C\C/C=C\C/C=C\CCCCCCCCCC(=O)OCC(COC(OCC[N+](C)(C)C)C(=O)[O-])OC(=O)CCCCCCCCC/C=C\C/C=C\C/C=C\C/C=C\C/C=C\CC. The molecule has 0 amide bonds. The third-order valence-electron chi connectivity index (χ3n) is 11.2. The van der Waals surface area contributed by atoms with Gasteiger partial charge in [0.05, 0.1) is 40.3 Å². The van der Waals surface area contributed by atoms with Crippen LogP contribution in [0.15, 0.2) is 122 Å². The molecule has 0 saturated carbocycles. The maximum Gasteiger partial charge on any atom is 0.306 e. The van der Waals surface area contributed by atoms with Crippen LogP contribution in [-0.2, 0) is 33.3 Å². The van der Waals surface area contributed by atoms with Crippen LogP contribution in [0.2, 0.25) is 0 Å².